The second-order valence-electron chi connectivity index (χ2n) is 6.46. The van der Waals surface area contributed by atoms with Gasteiger partial charge in [0.2, 0.25) is 5.89 Å². The molecule has 140 valence electrons. The Kier molecular flexibility index (Phi) is 6.22. The van der Waals surface area contributed by atoms with Gasteiger partial charge in [-0.25, -0.2) is 0 Å². The Hall–Kier alpha value is -2.41. The molecule has 7 heteroatoms. The number of piperidine rings is 1. The molecule has 1 aliphatic rings. The first-order valence-corrected chi connectivity index (χ1v) is 8.99. The SMILES string of the molecule is COCCc1noc(C2CCN(C(=O)C(C)Oc3ccccc3)CC2)n1. The quantitative estimate of drug-likeness (QED) is 0.756. The molecule has 0 aliphatic carbocycles. The standard InChI is InChI=1S/C19H25N3O4/c1-14(25-16-6-4-3-5-7-16)19(23)22-11-8-15(9-12-22)18-20-17(21-26-18)10-13-24-2/h3-7,14-15H,8-13H2,1-2H3. The average molecular weight is 359 g/mol. The fourth-order valence-electron chi connectivity index (χ4n) is 3.09. The van der Waals surface area contributed by atoms with Crippen molar-refractivity contribution in [3.05, 3.63) is 42.0 Å². The van der Waals surface area contributed by atoms with E-state index in [2.05, 4.69) is 10.1 Å². The van der Waals surface area contributed by atoms with Gasteiger partial charge in [-0.2, -0.15) is 4.98 Å². The van der Waals surface area contributed by atoms with Crippen LogP contribution in [0.4, 0.5) is 0 Å². The van der Waals surface area contributed by atoms with Crippen LogP contribution < -0.4 is 4.74 Å². The van der Waals surface area contributed by atoms with Gasteiger partial charge < -0.3 is 18.9 Å². The summed E-state index contributed by atoms with van der Waals surface area (Å²) in [6, 6.07) is 9.41. The van der Waals surface area contributed by atoms with E-state index in [1.807, 2.05) is 35.2 Å². The minimum absolute atomic E-state index is 0.0126. The summed E-state index contributed by atoms with van der Waals surface area (Å²) < 4.78 is 16.1. The molecule has 1 aromatic heterocycles. The van der Waals surface area contributed by atoms with Crippen molar-refractivity contribution in [3.8, 4) is 5.75 Å². The fraction of sp³-hybridized carbons (Fsp3) is 0.526. The number of aromatic nitrogens is 2. The van der Waals surface area contributed by atoms with Gasteiger partial charge in [0.1, 0.15) is 5.75 Å². The molecular weight excluding hydrogens is 334 g/mol. The number of carbonyl (C=O) groups is 1. The molecule has 1 unspecified atom stereocenters. The Morgan fingerprint density at radius 1 is 1.31 bits per heavy atom. The van der Waals surface area contributed by atoms with Crippen LogP contribution in [0.15, 0.2) is 34.9 Å². The van der Waals surface area contributed by atoms with Gasteiger partial charge >= 0.3 is 0 Å². The zero-order chi connectivity index (χ0) is 18.4. The number of carbonyl (C=O) groups excluding carboxylic acids is 1. The first-order valence-electron chi connectivity index (χ1n) is 8.99. The first kappa shape index (κ1) is 18.4. The topological polar surface area (TPSA) is 77.7 Å². The second-order valence-corrected chi connectivity index (χ2v) is 6.46. The minimum Gasteiger partial charge on any atom is -0.481 e. The van der Waals surface area contributed by atoms with Crippen molar-refractivity contribution < 1.29 is 18.8 Å². The third-order valence-corrected chi connectivity index (χ3v) is 4.57. The number of likely N-dealkylation sites (tertiary alicyclic amines) is 1. The molecule has 1 fully saturated rings. The Bertz CT molecular complexity index is 696. The van der Waals surface area contributed by atoms with Crippen molar-refractivity contribution in [2.75, 3.05) is 26.8 Å². The van der Waals surface area contributed by atoms with Gasteiger partial charge in [-0.05, 0) is 31.9 Å². The molecule has 1 atom stereocenters. The summed E-state index contributed by atoms with van der Waals surface area (Å²) in [6.07, 6.45) is 1.77. The molecule has 1 aromatic carbocycles. The number of amides is 1. The molecule has 0 bridgehead atoms. The van der Waals surface area contributed by atoms with Crippen LogP contribution in [0.3, 0.4) is 0 Å². The fourth-order valence-corrected chi connectivity index (χ4v) is 3.09. The molecule has 1 saturated heterocycles. The molecule has 2 aromatic rings. The Labute approximate surface area is 153 Å². The zero-order valence-electron chi connectivity index (χ0n) is 15.3. The van der Waals surface area contributed by atoms with Crippen LogP contribution in [-0.4, -0.2) is 53.9 Å². The van der Waals surface area contributed by atoms with Gasteiger partial charge in [-0.1, -0.05) is 23.4 Å². The molecule has 3 rings (SSSR count). The highest BCUT2D eigenvalue weighted by atomic mass is 16.5. The van der Waals surface area contributed by atoms with E-state index in [9.17, 15) is 4.79 Å². The minimum atomic E-state index is -0.502. The molecule has 0 N–H and O–H groups in total. The summed E-state index contributed by atoms with van der Waals surface area (Å²) in [4.78, 5) is 18.9. The molecule has 1 amide bonds. The number of methoxy groups -OCH3 is 1. The van der Waals surface area contributed by atoms with Crippen LogP contribution in [0, 0.1) is 0 Å². The highest BCUT2D eigenvalue weighted by Gasteiger charge is 2.30. The number of hydrogen-bond acceptors (Lipinski definition) is 6. The van der Waals surface area contributed by atoms with Crippen molar-refractivity contribution in [3.63, 3.8) is 0 Å². The summed E-state index contributed by atoms with van der Waals surface area (Å²) in [5.41, 5.74) is 0. The molecule has 7 nitrogen and oxygen atoms in total. The van der Waals surface area contributed by atoms with Gasteiger partial charge in [-0.3, -0.25) is 4.79 Å². The van der Waals surface area contributed by atoms with Crippen LogP contribution in [0.2, 0.25) is 0 Å². The predicted octanol–water partition coefficient (Wildman–Crippen LogP) is 2.43. The van der Waals surface area contributed by atoms with E-state index in [-0.39, 0.29) is 11.8 Å². The molecule has 0 radical (unpaired) electrons. The van der Waals surface area contributed by atoms with E-state index in [1.54, 1.807) is 14.0 Å². The number of nitrogens with zero attached hydrogens (tertiary/aromatic N) is 3. The van der Waals surface area contributed by atoms with Crippen LogP contribution >= 0.6 is 0 Å². The number of ether oxygens (including phenoxy) is 2. The molecule has 0 saturated carbocycles. The summed E-state index contributed by atoms with van der Waals surface area (Å²) >= 11 is 0. The third kappa shape index (κ3) is 4.60. The third-order valence-electron chi connectivity index (χ3n) is 4.57. The number of para-hydroxylation sites is 1. The maximum Gasteiger partial charge on any atom is 0.263 e. The van der Waals surface area contributed by atoms with Crippen LogP contribution in [0.1, 0.15) is 37.4 Å². The summed E-state index contributed by atoms with van der Waals surface area (Å²) in [5, 5.41) is 3.99. The van der Waals surface area contributed by atoms with E-state index < -0.39 is 6.10 Å². The average Bonchev–Trinajstić information content (AvgIpc) is 3.15. The van der Waals surface area contributed by atoms with E-state index in [0.717, 1.165) is 12.8 Å². The molecule has 0 spiro atoms. The molecule has 1 aliphatic heterocycles. The number of hydrogen-bond donors (Lipinski definition) is 0. The van der Waals surface area contributed by atoms with E-state index in [1.165, 1.54) is 0 Å². The van der Waals surface area contributed by atoms with Gasteiger partial charge in [0.15, 0.2) is 11.9 Å². The largest absolute Gasteiger partial charge is 0.481 e. The second kappa shape index (κ2) is 8.80. The number of benzene rings is 1. The van der Waals surface area contributed by atoms with Crippen molar-refractivity contribution in [2.24, 2.45) is 0 Å². The van der Waals surface area contributed by atoms with Crippen LogP contribution in [0.5, 0.6) is 5.75 Å². The lowest BCUT2D eigenvalue weighted by Gasteiger charge is -2.32. The predicted molar refractivity (Wildman–Crippen MR) is 95.0 cm³/mol. The zero-order valence-corrected chi connectivity index (χ0v) is 15.3. The first-order chi connectivity index (χ1) is 12.7. The highest BCUT2D eigenvalue weighted by molar-refractivity contribution is 5.81. The lowest BCUT2D eigenvalue weighted by atomic mass is 9.96. The van der Waals surface area contributed by atoms with E-state index in [4.69, 9.17) is 14.0 Å². The van der Waals surface area contributed by atoms with Gasteiger partial charge in [0.25, 0.3) is 5.91 Å². The maximum absolute atomic E-state index is 12.6. The van der Waals surface area contributed by atoms with Crippen LogP contribution in [0.25, 0.3) is 0 Å². The van der Waals surface area contributed by atoms with Crippen molar-refractivity contribution >= 4 is 5.91 Å². The maximum atomic E-state index is 12.6. The Morgan fingerprint density at radius 3 is 2.73 bits per heavy atom. The lowest BCUT2D eigenvalue weighted by Crippen LogP contribution is -2.44. The highest BCUT2D eigenvalue weighted by Crippen LogP contribution is 2.27. The normalized spacial score (nSPS) is 16.5. The number of rotatable bonds is 7. The summed E-state index contributed by atoms with van der Waals surface area (Å²) in [7, 11) is 1.65. The summed E-state index contributed by atoms with van der Waals surface area (Å²) in [6.45, 7) is 3.70. The van der Waals surface area contributed by atoms with Gasteiger partial charge in [0.05, 0.1) is 6.61 Å². The Balaban J connectivity index is 1.49. The van der Waals surface area contributed by atoms with E-state index >= 15 is 0 Å². The van der Waals surface area contributed by atoms with E-state index in [0.29, 0.717) is 43.6 Å². The van der Waals surface area contributed by atoms with Crippen molar-refractivity contribution in [1.29, 1.82) is 0 Å². The van der Waals surface area contributed by atoms with Gasteiger partial charge in [-0.15, -0.1) is 0 Å². The van der Waals surface area contributed by atoms with Crippen molar-refractivity contribution in [1.82, 2.24) is 15.0 Å². The van der Waals surface area contributed by atoms with Crippen LogP contribution in [-0.2, 0) is 16.0 Å². The smallest absolute Gasteiger partial charge is 0.263 e. The molecular formula is C19H25N3O4. The lowest BCUT2D eigenvalue weighted by molar-refractivity contribution is -0.139. The molecule has 2 heterocycles. The molecule has 26 heavy (non-hydrogen) atoms. The monoisotopic (exact) mass is 359 g/mol. The van der Waals surface area contributed by atoms with Gasteiger partial charge in [0, 0.05) is 32.5 Å². The van der Waals surface area contributed by atoms with Crippen molar-refractivity contribution in [2.45, 2.75) is 38.2 Å². The summed E-state index contributed by atoms with van der Waals surface area (Å²) in [5.74, 6) is 2.26. The Morgan fingerprint density at radius 2 is 2.04 bits per heavy atom.